The number of aromatic nitrogens is 4. The van der Waals surface area contributed by atoms with Crippen LogP contribution in [0.15, 0.2) is 24.8 Å². The number of amides is 3. The van der Waals surface area contributed by atoms with Crippen molar-refractivity contribution in [3.8, 4) is 0 Å². The number of hydrogen-bond donors (Lipinski definition) is 11. The van der Waals surface area contributed by atoms with Gasteiger partial charge in [0.15, 0.2) is 17.7 Å². The molecule has 3 fully saturated rings. The highest BCUT2D eigenvalue weighted by Crippen LogP contribution is 2.69. The second-order valence-electron chi connectivity index (χ2n) is 12.9. The largest absolute Gasteiger partial charge is 0.481 e. The maximum absolute atomic E-state index is 13.0. The smallest absolute Gasteiger partial charge is 0.388 e. The maximum Gasteiger partial charge on any atom is 0.481 e. The van der Waals surface area contributed by atoms with E-state index in [2.05, 4.69) is 39.7 Å². The molecule has 0 radical (unpaired) electrons. The molecule has 0 aliphatic carbocycles. The number of hydrogen-bond acceptors (Lipinski definition) is 20. The number of thioether (sulfide) groups is 1. The monoisotopic (exact) mass is 819 g/mol. The lowest BCUT2D eigenvalue weighted by Crippen LogP contribution is -2.71. The highest BCUT2D eigenvalue weighted by Gasteiger charge is 2.82. The summed E-state index contributed by atoms with van der Waals surface area (Å²) in [6.45, 7) is 1.03. The number of nitrogens with zero attached hydrogens (tertiary/aromatic N) is 5. The van der Waals surface area contributed by atoms with Gasteiger partial charge in [-0.3, -0.25) is 23.7 Å². The van der Waals surface area contributed by atoms with Crippen molar-refractivity contribution in [3.63, 3.8) is 0 Å². The third-order valence-corrected chi connectivity index (χ3v) is 13.5. The predicted octanol–water partition coefficient (Wildman–Crippen LogP) is -2.15. The van der Waals surface area contributed by atoms with Crippen LogP contribution in [0.5, 0.6) is 0 Å². The first-order chi connectivity index (χ1) is 25.3. The van der Waals surface area contributed by atoms with Crippen molar-refractivity contribution in [2.75, 3.05) is 35.7 Å². The van der Waals surface area contributed by atoms with Gasteiger partial charge in [-0.2, -0.15) is 4.31 Å². The fourth-order valence-electron chi connectivity index (χ4n) is 6.40. The topological polar surface area (TPSA) is 356 Å². The molecule has 3 amide bonds. The molecule has 27 heteroatoms. The molecule has 294 valence electrons. The van der Waals surface area contributed by atoms with Crippen LogP contribution >= 0.6 is 27.4 Å². The van der Waals surface area contributed by atoms with Crippen LogP contribution in [0.3, 0.4) is 0 Å². The molecule has 0 spiro atoms. The molecule has 11 atom stereocenters. The minimum atomic E-state index is -5.53. The number of urea groups is 1. The third kappa shape index (κ3) is 6.62. The molecule has 3 aromatic rings. The SMILES string of the molecule is Cc1cc2c(cc1C)N(C[C@H](O)[C@H](O)[C@H](O)COP(=O)(O)OP(=O)(O)OC[C@H]1O[C@@H](n3cnc4c(N)ncnc43)[C@H](O)[C@@H]1O)[C@@]13NC(=O)NC(=O)[C@]1(N2)S3. The Balaban J connectivity index is 0.951. The first-order valence-electron chi connectivity index (χ1n) is 15.9. The number of aliphatic hydroxyl groups is 5. The number of benzene rings is 1. The van der Waals surface area contributed by atoms with Gasteiger partial charge in [0.1, 0.15) is 48.5 Å². The minimum Gasteiger partial charge on any atom is -0.388 e. The number of anilines is 3. The van der Waals surface area contributed by atoms with E-state index in [4.69, 9.17) is 15.0 Å². The molecule has 0 saturated carbocycles. The van der Waals surface area contributed by atoms with E-state index in [0.717, 1.165) is 29.2 Å². The normalized spacial score (nSPS) is 31.2. The van der Waals surface area contributed by atoms with Crippen molar-refractivity contribution in [1.82, 2.24) is 30.2 Å². The van der Waals surface area contributed by atoms with E-state index in [1.54, 1.807) is 12.1 Å². The predicted molar refractivity (Wildman–Crippen MR) is 183 cm³/mol. The number of rotatable bonds is 13. The molecular weight excluding hydrogens is 784 g/mol. The second-order valence-corrected chi connectivity index (χ2v) is 17.3. The first kappa shape index (κ1) is 38.7. The number of fused-ring (bicyclic) bond motifs is 2. The molecule has 12 N–H and O–H groups in total. The van der Waals surface area contributed by atoms with Crippen LogP contribution in [0.25, 0.3) is 11.2 Å². The highest BCUT2D eigenvalue weighted by molar-refractivity contribution is 8.11. The van der Waals surface area contributed by atoms with Gasteiger partial charge >= 0.3 is 21.7 Å². The Labute approximate surface area is 307 Å². The molecule has 4 aliphatic rings. The zero-order valence-electron chi connectivity index (χ0n) is 28.0. The van der Waals surface area contributed by atoms with Crippen molar-refractivity contribution in [3.05, 3.63) is 35.9 Å². The van der Waals surface area contributed by atoms with E-state index in [-0.39, 0.29) is 17.0 Å². The Morgan fingerprint density at radius 1 is 1.02 bits per heavy atom. The first-order valence-corrected chi connectivity index (χ1v) is 19.7. The molecule has 2 unspecified atom stereocenters. The zero-order chi connectivity index (χ0) is 39.1. The summed E-state index contributed by atoms with van der Waals surface area (Å²) in [6.07, 6.45) is -9.78. The number of nitrogens with one attached hydrogen (secondary N) is 3. The fourth-order valence-corrected chi connectivity index (χ4v) is 9.92. The summed E-state index contributed by atoms with van der Waals surface area (Å²) in [6, 6.07) is 2.71. The van der Waals surface area contributed by atoms with Gasteiger partial charge in [-0.05, 0) is 37.1 Å². The summed E-state index contributed by atoms with van der Waals surface area (Å²) in [7, 11) is -11.0. The van der Waals surface area contributed by atoms with E-state index in [1.165, 1.54) is 15.8 Å². The number of aryl methyl sites for hydroxylation is 2. The number of imidazole rings is 1. The molecule has 24 nitrogen and oxygen atoms in total. The summed E-state index contributed by atoms with van der Waals surface area (Å²) in [4.78, 5) is 56.1. The van der Waals surface area contributed by atoms with Gasteiger partial charge in [-0.25, -0.2) is 28.9 Å². The number of phosphoric ester groups is 2. The standard InChI is InChI=1S/C27H35N9O15P2S/c1-10-3-12-13(4-11(10)2)36(27-26(33-12,54-27)24(42)32-25(43)34-27)5-14(37)18(39)15(38)6-48-52(44,45)51-53(46,47)49-7-16-19(40)20(41)23(50-16)35-9-31-17-21(28)29-8-30-22(17)35/h3-4,8-9,14-16,18-20,23,33,37-41H,5-7H2,1-2H3,(H,44,45)(H,46,47)(H2,28,29,30)(H2,32,34,42,43)/t14-,15+,16+,18-,19+,20+,23+,26-,27-/m0/s1. The van der Waals surface area contributed by atoms with Crippen molar-refractivity contribution >= 4 is 67.7 Å². The van der Waals surface area contributed by atoms with Gasteiger partial charge in [-0.1, -0.05) is 11.8 Å². The molecule has 4 aliphatic heterocycles. The fraction of sp³-hybridized carbons (Fsp3) is 0.519. The van der Waals surface area contributed by atoms with Crippen LogP contribution in [0, 0.1) is 13.8 Å². The van der Waals surface area contributed by atoms with Gasteiger partial charge in [0.25, 0.3) is 5.91 Å². The van der Waals surface area contributed by atoms with Crippen molar-refractivity contribution in [1.29, 1.82) is 0 Å². The number of nitrogen functional groups attached to an aromatic ring is 1. The van der Waals surface area contributed by atoms with Gasteiger partial charge in [0.2, 0.25) is 9.87 Å². The number of carbonyl (C=O) groups is 2. The molecule has 6 heterocycles. The van der Waals surface area contributed by atoms with Gasteiger partial charge < -0.3 is 61.3 Å². The Kier molecular flexibility index (Phi) is 9.76. The lowest BCUT2D eigenvalue weighted by molar-refractivity contribution is -0.122. The summed E-state index contributed by atoms with van der Waals surface area (Å²) in [5.74, 6) is -0.610. The zero-order valence-corrected chi connectivity index (χ0v) is 30.6. The van der Waals surface area contributed by atoms with Crippen LogP contribution in [0.4, 0.5) is 22.0 Å². The summed E-state index contributed by atoms with van der Waals surface area (Å²) in [5.41, 5.74) is 8.73. The molecule has 54 heavy (non-hydrogen) atoms. The molecule has 0 bridgehead atoms. The number of imide groups is 1. The number of aliphatic hydroxyl groups excluding tert-OH is 5. The van der Waals surface area contributed by atoms with Crippen LogP contribution in [-0.2, 0) is 32.0 Å². The number of nitrogens with two attached hydrogens (primary N) is 1. The Morgan fingerprint density at radius 3 is 2.46 bits per heavy atom. The van der Waals surface area contributed by atoms with Crippen LogP contribution < -0.4 is 26.6 Å². The summed E-state index contributed by atoms with van der Waals surface area (Å²) >= 11 is 1.03. The lowest BCUT2D eigenvalue weighted by Gasteiger charge is -2.44. The van der Waals surface area contributed by atoms with Gasteiger partial charge in [0, 0.05) is 6.54 Å². The number of β-amino-alcohol motifs (C(OH)–C–C–N with tert-alkyl or cyclic N) is 1. The summed E-state index contributed by atoms with van der Waals surface area (Å²) < 4.78 is 45.6. The van der Waals surface area contributed by atoms with E-state index in [9.17, 15) is 54.0 Å². The van der Waals surface area contributed by atoms with Crippen LogP contribution in [0.2, 0.25) is 0 Å². The number of phosphoric acid groups is 2. The average Bonchev–Trinajstić information content (AvgIpc) is 3.43. The molecule has 7 rings (SSSR count). The van der Waals surface area contributed by atoms with Crippen molar-refractivity contribution in [2.24, 2.45) is 0 Å². The average molecular weight is 820 g/mol. The van der Waals surface area contributed by atoms with Gasteiger partial charge in [-0.15, -0.1) is 0 Å². The third-order valence-electron chi connectivity index (χ3n) is 9.33. The maximum atomic E-state index is 13.0. The van der Waals surface area contributed by atoms with Gasteiger partial charge in [0.05, 0.1) is 30.9 Å². The van der Waals surface area contributed by atoms with Crippen molar-refractivity contribution < 1.29 is 72.1 Å². The van der Waals surface area contributed by atoms with Crippen LogP contribution in [-0.4, -0.2) is 133 Å². The Bertz CT molecular complexity index is 2120. The molecule has 1 aromatic carbocycles. The number of carbonyl (C=O) groups excluding carboxylic acids is 2. The molecule has 2 aromatic heterocycles. The minimum absolute atomic E-state index is 0.0331. The number of ether oxygens (including phenoxy) is 1. The Morgan fingerprint density at radius 2 is 1.72 bits per heavy atom. The van der Waals surface area contributed by atoms with E-state index in [0.29, 0.717) is 11.4 Å². The summed E-state index contributed by atoms with van der Waals surface area (Å²) in [5, 5.41) is 61.5. The second kappa shape index (κ2) is 13.6. The quantitative estimate of drug-likeness (QED) is 0.0646. The van der Waals surface area contributed by atoms with E-state index < -0.39 is 100 Å². The van der Waals surface area contributed by atoms with E-state index in [1.807, 2.05) is 13.8 Å². The van der Waals surface area contributed by atoms with E-state index >= 15 is 0 Å². The molecule has 3 saturated heterocycles. The highest BCUT2D eigenvalue weighted by atomic mass is 32.2. The lowest BCUT2D eigenvalue weighted by atomic mass is 9.98. The molecular formula is C27H35N9O15P2S. The Hall–Kier alpha value is -3.52. The van der Waals surface area contributed by atoms with Crippen LogP contribution in [0.1, 0.15) is 17.4 Å². The van der Waals surface area contributed by atoms with Crippen molar-refractivity contribution in [2.45, 2.75) is 66.6 Å².